The number of H-pyrrole nitrogens is 1. The second-order valence-corrected chi connectivity index (χ2v) is 5.75. The number of fused-ring (bicyclic) bond motifs is 1. The van der Waals surface area contributed by atoms with Crippen LogP contribution >= 0.6 is 0 Å². The Morgan fingerprint density at radius 3 is 2.79 bits per heavy atom. The van der Waals surface area contributed by atoms with E-state index in [1.807, 2.05) is 6.07 Å². The molecule has 0 saturated carbocycles. The molecule has 0 aliphatic carbocycles. The van der Waals surface area contributed by atoms with Gasteiger partial charge in [-0.15, -0.1) is 0 Å². The van der Waals surface area contributed by atoms with Gasteiger partial charge in [-0.2, -0.15) is 10.4 Å². The Kier molecular flexibility index (Phi) is 5.56. The van der Waals surface area contributed by atoms with Crippen LogP contribution in [-0.2, 0) is 0 Å². The summed E-state index contributed by atoms with van der Waals surface area (Å²) in [6.07, 6.45) is 3.39. The minimum atomic E-state index is -0.467. The molecular weight excluding hydrogens is 363 g/mol. The van der Waals surface area contributed by atoms with Gasteiger partial charge >= 0.3 is 0 Å². The molecule has 0 aliphatic heterocycles. The van der Waals surface area contributed by atoms with Crippen LogP contribution in [0.4, 0.5) is 4.39 Å². The number of carbonyl (C=O) groups excluding carboxylic acids is 1. The molecule has 1 amide bonds. The highest BCUT2D eigenvalue weighted by Gasteiger charge is 2.18. The first kappa shape index (κ1) is 18.9. The maximum Gasteiger partial charge on any atom is 0.255 e. The van der Waals surface area contributed by atoms with Crippen molar-refractivity contribution >= 4 is 29.0 Å². The van der Waals surface area contributed by atoms with Crippen LogP contribution in [0.25, 0.3) is 23.1 Å². The summed E-state index contributed by atoms with van der Waals surface area (Å²) in [5.74, 6) is -0.390. The highest BCUT2D eigenvalue weighted by molar-refractivity contribution is 6.05. The van der Waals surface area contributed by atoms with E-state index in [1.165, 1.54) is 26.4 Å². The predicted octanol–water partition coefficient (Wildman–Crippen LogP) is 3.14. The minimum Gasteiger partial charge on any atom is -0.495 e. The Morgan fingerprint density at radius 2 is 2.11 bits per heavy atom. The van der Waals surface area contributed by atoms with Gasteiger partial charge in [0.1, 0.15) is 12.3 Å². The third kappa shape index (κ3) is 3.64. The fourth-order valence-corrected chi connectivity index (χ4v) is 2.79. The highest BCUT2D eigenvalue weighted by Crippen LogP contribution is 2.32. The summed E-state index contributed by atoms with van der Waals surface area (Å²) in [7, 11) is 2.86. The largest absolute Gasteiger partial charge is 0.495 e. The number of benzene rings is 2. The SMILES string of the molecule is COc1ccc(C=Cc2n[nH]c3ccc(C(=O)NCC#N)c(OC)c23)cc1F. The lowest BCUT2D eigenvalue weighted by atomic mass is 10.1. The molecule has 0 aliphatic rings. The van der Waals surface area contributed by atoms with Gasteiger partial charge in [0.25, 0.3) is 5.91 Å². The molecule has 0 unspecified atom stereocenters. The summed E-state index contributed by atoms with van der Waals surface area (Å²) >= 11 is 0. The molecule has 0 saturated heterocycles. The number of ether oxygens (including phenoxy) is 2. The number of nitrogens with zero attached hydrogens (tertiary/aromatic N) is 2. The fraction of sp³-hybridized carbons (Fsp3) is 0.150. The average molecular weight is 380 g/mol. The average Bonchev–Trinajstić information content (AvgIpc) is 3.13. The Labute approximate surface area is 160 Å². The quantitative estimate of drug-likeness (QED) is 0.640. The number of carbonyl (C=O) groups is 1. The molecule has 0 spiro atoms. The fourth-order valence-electron chi connectivity index (χ4n) is 2.79. The lowest BCUT2D eigenvalue weighted by Crippen LogP contribution is -2.24. The molecule has 0 atom stereocenters. The van der Waals surface area contributed by atoms with Gasteiger partial charge in [-0.25, -0.2) is 4.39 Å². The van der Waals surface area contributed by atoms with Gasteiger partial charge in [0.2, 0.25) is 0 Å². The Bertz CT molecular complexity index is 1100. The molecule has 142 valence electrons. The Morgan fingerprint density at radius 1 is 1.29 bits per heavy atom. The summed E-state index contributed by atoms with van der Waals surface area (Å²) in [5, 5.41) is 18.9. The van der Waals surface area contributed by atoms with Crippen LogP contribution in [0.2, 0.25) is 0 Å². The molecule has 3 rings (SSSR count). The number of hydrogen-bond acceptors (Lipinski definition) is 5. The molecule has 3 aromatic rings. The van der Waals surface area contributed by atoms with Crippen molar-refractivity contribution < 1.29 is 18.7 Å². The van der Waals surface area contributed by atoms with Crippen molar-refractivity contribution in [1.82, 2.24) is 15.5 Å². The van der Waals surface area contributed by atoms with Gasteiger partial charge < -0.3 is 14.8 Å². The molecule has 28 heavy (non-hydrogen) atoms. The molecule has 8 heteroatoms. The zero-order valence-corrected chi connectivity index (χ0v) is 15.2. The van der Waals surface area contributed by atoms with Crippen molar-refractivity contribution in [3.63, 3.8) is 0 Å². The number of aromatic nitrogens is 2. The maximum atomic E-state index is 13.9. The van der Waals surface area contributed by atoms with Gasteiger partial charge in [0.05, 0.1) is 42.4 Å². The summed E-state index contributed by atoms with van der Waals surface area (Å²) in [6, 6.07) is 9.76. The molecule has 7 nitrogen and oxygen atoms in total. The van der Waals surface area contributed by atoms with Crippen LogP contribution in [0.5, 0.6) is 11.5 Å². The lowest BCUT2D eigenvalue weighted by molar-refractivity contribution is 0.0955. The zero-order chi connectivity index (χ0) is 20.1. The summed E-state index contributed by atoms with van der Waals surface area (Å²) in [5.41, 5.74) is 2.11. The van der Waals surface area contributed by atoms with Gasteiger partial charge in [-0.3, -0.25) is 9.89 Å². The first-order valence-corrected chi connectivity index (χ1v) is 8.31. The molecule has 0 bridgehead atoms. The van der Waals surface area contributed by atoms with Crippen molar-refractivity contribution in [2.24, 2.45) is 0 Å². The number of nitriles is 1. The van der Waals surface area contributed by atoms with Gasteiger partial charge in [-0.05, 0) is 35.9 Å². The summed E-state index contributed by atoms with van der Waals surface area (Å²) in [4.78, 5) is 12.3. The van der Waals surface area contributed by atoms with Crippen LogP contribution in [0.3, 0.4) is 0 Å². The zero-order valence-electron chi connectivity index (χ0n) is 15.2. The summed E-state index contributed by atoms with van der Waals surface area (Å²) in [6.45, 7) is -0.110. The second-order valence-electron chi connectivity index (χ2n) is 5.75. The van der Waals surface area contributed by atoms with E-state index in [9.17, 15) is 9.18 Å². The molecule has 0 fully saturated rings. The normalized spacial score (nSPS) is 10.8. The smallest absolute Gasteiger partial charge is 0.255 e. The minimum absolute atomic E-state index is 0.110. The van der Waals surface area contributed by atoms with E-state index >= 15 is 0 Å². The van der Waals surface area contributed by atoms with Crippen molar-refractivity contribution in [3.8, 4) is 17.6 Å². The molecule has 2 N–H and O–H groups in total. The van der Waals surface area contributed by atoms with Crippen LogP contribution in [0.1, 0.15) is 21.6 Å². The predicted molar refractivity (Wildman–Crippen MR) is 102 cm³/mol. The van der Waals surface area contributed by atoms with Gasteiger partial charge in [-0.1, -0.05) is 12.1 Å². The third-order valence-electron chi connectivity index (χ3n) is 4.10. The van der Waals surface area contributed by atoms with E-state index in [0.29, 0.717) is 27.9 Å². The standard InChI is InChI=1S/C20H17FN4O3/c1-27-17-8-4-12(11-14(17)21)3-6-15-18-16(25-24-15)7-5-13(19(18)28-2)20(26)23-10-9-22/h3-8,11H,10H2,1-2H3,(H,23,26)(H,24,25). The molecule has 0 radical (unpaired) electrons. The Hall–Kier alpha value is -3.86. The number of halogens is 1. The number of nitrogens with one attached hydrogen (secondary N) is 2. The van der Waals surface area contributed by atoms with E-state index in [0.717, 1.165) is 0 Å². The van der Waals surface area contributed by atoms with Crippen LogP contribution in [0, 0.1) is 17.1 Å². The maximum absolute atomic E-state index is 13.9. The van der Waals surface area contributed by atoms with Gasteiger partial charge in [0.15, 0.2) is 11.6 Å². The first-order valence-electron chi connectivity index (χ1n) is 8.31. The van der Waals surface area contributed by atoms with E-state index in [4.69, 9.17) is 14.7 Å². The number of hydrogen-bond donors (Lipinski definition) is 2. The molecule has 1 aromatic heterocycles. The number of aromatic amines is 1. The third-order valence-corrected chi connectivity index (χ3v) is 4.10. The van der Waals surface area contributed by atoms with Crippen molar-refractivity contribution in [2.75, 3.05) is 20.8 Å². The van der Waals surface area contributed by atoms with Gasteiger partial charge in [0, 0.05) is 0 Å². The van der Waals surface area contributed by atoms with E-state index in [2.05, 4.69) is 15.5 Å². The second kappa shape index (κ2) is 8.22. The number of amides is 1. The Balaban J connectivity index is 2.01. The van der Waals surface area contributed by atoms with Crippen LogP contribution < -0.4 is 14.8 Å². The first-order chi connectivity index (χ1) is 13.6. The van der Waals surface area contributed by atoms with Crippen molar-refractivity contribution in [2.45, 2.75) is 0 Å². The van der Waals surface area contributed by atoms with Crippen molar-refractivity contribution in [3.05, 3.63) is 53.0 Å². The lowest BCUT2D eigenvalue weighted by Gasteiger charge is -2.09. The summed E-state index contributed by atoms with van der Waals surface area (Å²) < 4.78 is 24.2. The topological polar surface area (TPSA) is 100 Å². The molecular formula is C20H17FN4O3. The van der Waals surface area contributed by atoms with Crippen LogP contribution in [-0.4, -0.2) is 36.9 Å². The van der Waals surface area contributed by atoms with Crippen molar-refractivity contribution in [1.29, 1.82) is 5.26 Å². The van der Waals surface area contributed by atoms with E-state index in [1.54, 1.807) is 30.4 Å². The number of rotatable bonds is 6. The van der Waals surface area contributed by atoms with E-state index in [-0.39, 0.29) is 17.9 Å². The van der Waals surface area contributed by atoms with Crippen LogP contribution in [0.15, 0.2) is 30.3 Å². The molecule has 2 aromatic carbocycles. The molecule has 1 heterocycles. The number of methoxy groups -OCH3 is 2. The van der Waals surface area contributed by atoms with E-state index < -0.39 is 11.7 Å². The highest BCUT2D eigenvalue weighted by atomic mass is 19.1. The monoisotopic (exact) mass is 380 g/mol.